The van der Waals surface area contributed by atoms with E-state index in [1.165, 1.54) is 12.0 Å². The van der Waals surface area contributed by atoms with Gasteiger partial charge in [-0.25, -0.2) is 9.69 Å². The fourth-order valence-corrected chi connectivity index (χ4v) is 6.51. The van der Waals surface area contributed by atoms with Crippen LogP contribution in [0.15, 0.2) is 71.2 Å². The van der Waals surface area contributed by atoms with Gasteiger partial charge in [0, 0.05) is 16.1 Å². The lowest BCUT2D eigenvalue weighted by Crippen LogP contribution is -2.53. The molecule has 0 aromatic heterocycles. The van der Waals surface area contributed by atoms with Crippen molar-refractivity contribution in [1.29, 1.82) is 0 Å². The third-order valence-corrected chi connectivity index (χ3v) is 8.33. The molecule has 2 aliphatic rings. The lowest BCUT2D eigenvalue weighted by atomic mass is 9.75. The van der Waals surface area contributed by atoms with E-state index in [0.29, 0.717) is 35.4 Å². The first kappa shape index (κ1) is 26.1. The Morgan fingerprint density at radius 3 is 2.24 bits per heavy atom. The molecule has 2 aliphatic heterocycles. The quantitative estimate of drug-likeness (QED) is 0.384. The number of halogens is 1. The van der Waals surface area contributed by atoms with Crippen LogP contribution in [0.5, 0.6) is 5.75 Å². The van der Waals surface area contributed by atoms with Crippen molar-refractivity contribution < 1.29 is 24.2 Å². The van der Waals surface area contributed by atoms with Crippen molar-refractivity contribution >= 4 is 39.4 Å². The van der Waals surface area contributed by atoms with Crippen molar-refractivity contribution in [2.75, 3.05) is 12.0 Å². The largest absolute Gasteiger partial charge is 0.496 e. The van der Waals surface area contributed by atoms with Crippen molar-refractivity contribution in [2.24, 2.45) is 11.8 Å². The van der Waals surface area contributed by atoms with Crippen LogP contribution in [-0.4, -0.2) is 30.0 Å². The number of benzene rings is 3. The molecule has 3 aromatic carbocycles. The fourth-order valence-electron chi connectivity index (χ4n) is 6.13. The molecule has 0 spiro atoms. The number of amides is 2. The predicted molar refractivity (Wildman–Crippen MR) is 147 cm³/mol. The average Bonchev–Trinajstić information content (AvgIpc) is 3.42. The summed E-state index contributed by atoms with van der Waals surface area (Å²) in [6, 6.07) is 19.0. The van der Waals surface area contributed by atoms with Crippen LogP contribution in [0.3, 0.4) is 0 Å². The van der Waals surface area contributed by atoms with E-state index in [2.05, 4.69) is 21.2 Å². The fraction of sp³-hybridized carbons (Fsp3) is 0.300. The zero-order chi connectivity index (χ0) is 27.2. The topological polar surface area (TPSA) is 95.9 Å². The van der Waals surface area contributed by atoms with Crippen LogP contribution in [0, 0.1) is 11.8 Å². The number of aryl methyl sites for hydroxylation is 2. The Morgan fingerprint density at radius 2 is 1.66 bits per heavy atom. The molecule has 8 heteroatoms. The summed E-state index contributed by atoms with van der Waals surface area (Å²) >= 11 is 3.50. The van der Waals surface area contributed by atoms with E-state index in [9.17, 15) is 19.5 Å². The smallest absolute Gasteiger partial charge is 0.329 e. The Morgan fingerprint density at radius 1 is 1.00 bits per heavy atom. The van der Waals surface area contributed by atoms with Gasteiger partial charge in [-0.15, -0.1) is 0 Å². The number of methoxy groups -OCH3 is 1. The highest BCUT2D eigenvalue weighted by atomic mass is 79.9. The number of carbonyl (C=O) groups is 3. The van der Waals surface area contributed by atoms with Gasteiger partial charge in [0.2, 0.25) is 11.8 Å². The molecule has 196 valence electrons. The number of hydrogen-bond acceptors (Lipinski definition) is 5. The number of carboxylic acid groups (broad SMARTS) is 1. The summed E-state index contributed by atoms with van der Waals surface area (Å²) in [5.74, 6) is -3.76. The number of ether oxygens (including phenoxy) is 1. The van der Waals surface area contributed by atoms with E-state index >= 15 is 0 Å². The van der Waals surface area contributed by atoms with Gasteiger partial charge in [0.25, 0.3) is 0 Å². The minimum absolute atomic E-state index is 0.408. The number of nitrogens with zero attached hydrogens (tertiary/aromatic N) is 1. The summed E-state index contributed by atoms with van der Waals surface area (Å²) in [7, 11) is 1.53. The molecule has 0 saturated carbocycles. The predicted octanol–water partition coefficient (Wildman–Crippen LogP) is 5.01. The summed E-state index contributed by atoms with van der Waals surface area (Å²) in [5, 5.41) is 14.0. The lowest BCUT2D eigenvalue weighted by Gasteiger charge is -2.32. The van der Waals surface area contributed by atoms with Crippen molar-refractivity contribution in [1.82, 2.24) is 5.32 Å². The molecule has 7 nitrogen and oxygen atoms in total. The molecule has 0 radical (unpaired) electrons. The third kappa shape index (κ3) is 3.77. The molecular formula is C30H29BrN2O5. The molecular weight excluding hydrogens is 548 g/mol. The van der Waals surface area contributed by atoms with Gasteiger partial charge in [-0.1, -0.05) is 78.3 Å². The lowest BCUT2D eigenvalue weighted by molar-refractivity contribution is -0.149. The van der Waals surface area contributed by atoms with Crippen LogP contribution in [0.1, 0.15) is 42.1 Å². The van der Waals surface area contributed by atoms with Crippen LogP contribution >= 0.6 is 15.9 Å². The SMILES string of the molecule is CCc1cccc(CC)c1N1C(=O)C2C(c3cc(Br)ccc3OC)NC(C(=O)O)(c3ccccc3)C2C1=O. The van der Waals surface area contributed by atoms with E-state index in [4.69, 9.17) is 4.74 Å². The third-order valence-electron chi connectivity index (χ3n) is 7.84. The first-order valence-electron chi connectivity index (χ1n) is 12.7. The Kier molecular flexibility index (Phi) is 6.88. The summed E-state index contributed by atoms with van der Waals surface area (Å²) < 4.78 is 6.37. The summed E-state index contributed by atoms with van der Waals surface area (Å²) in [6.07, 6.45) is 1.25. The van der Waals surface area contributed by atoms with Crippen LogP contribution in [0.2, 0.25) is 0 Å². The number of hydrogen-bond donors (Lipinski definition) is 2. The first-order chi connectivity index (χ1) is 18.3. The molecule has 4 unspecified atom stereocenters. The number of nitrogens with one attached hydrogen (secondary N) is 1. The van der Waals surface area contributed by atoms with Gasteiger partial charge in [-0.3, -0.25) is 14.9 Å². The van der Waals surface area contributed by atoms with Crippen molar-refractivity contribution in [3.63, 3.8) is 0 Å². The van der Waals surface area contributed by atoms with Gasteiger partial charge >= 0.3 is 5.97 Å². The Bertz CT molecular complexity index is 1400. The summed E-state index contributed by atoms with van der Waals surface area (Å²) in [6.45, 7) is 3.96. The van der Waals surface area contributed by atoms with Crippen LogP contribution in [0.25, 0.3) is 0 Å². The van der Waals surface area contributed by atoms with Gasteiger partial charge in [0.15, 0.2) is 5.54 Å². The van der Waals surface area contributed by atoms with Crippen molar-refractivity contribution in [3.05, 3.63) is 93.5 Å². The molecule has 38 heavy (non-hydrogen) atoms. The van der Waals surface area contributed by atoms with Gasteiger partial charge in [0.1, 0.15) is 5.75 Å². The Labute approximate surface area is 229 Å². The van der Waals surface area contributed by atoms with Gasteiger partial charge in [-0.05, 0) is 47.7 Å². The molecule has 2 heterocycles. The molecule has 3 aromatic rings. The van der Waals surface area contributed by atoms with Crippen LogP contribution < -0.4 is 15.0 Å². The van der Waals surface area contributed by atoms with Gasteiger partial charge in [0.05, 0.1) is 24.6 Å². The minimum atomic E-state index is -1.82. The Hall–Kier alpha value is -3.49. The standard InChI is InChI=1S/C30H29BrN2O5/c1-4-17-10-9-11-18(5-2)26(17)33-27(34)23-24(28(33)35)30(29(36)37,19-12-7-6-8-13-19)32-25(23)21-16-20(31)14-15-22(21)38-3/h6-16,23-25,32H,4-5H2,1-3H3,(H,36,37). The highest BCUT2D eigenvalue weighted by molar-refractivity contribution is 9.10. The highest BCUT2D eigenvalue weighted by Crippen LogP contribution is 2.55. The zero-order valence-corrected chi connectivity index (χ0v) is 23.0. The number of para-hydroxylation sites is 1. The maximum Gasteiger partial charge on any atom is 0.329 e. The normalized spacial score (nSPS) is 24.5. The molecule has 4 atom stereocenters. The monoisotopic (exact) mass is 576 g/mol. The molecule has 2 saturated heterocycles. The second-order valence-electron chi connectivity index (χ2n) is 9.63. The first-order valence-corrected chi connectivity index (χ1v) is 13.5. The molecule has 2 fully saturated rings. The van der Waals surface area contributed by atoms with Crippen LogP contribution in [0.4, 0.5) is 5.69 Å². The maximum absolute atomic E-state index is 14.4. The van der Waals surface area contributed by atoms with Gasteiger partial charge in [-0.2, -0.15) is 0 Å². The summed E-state index contributed by atoms with van der Waals surface area (Å²) in [5.41, 5.74) is 1.53. The molecule has 2 amide bonds. The average molecular weight is 577 g/mol. The number of fused-ring (bicyclic) bond motifs is 1. The molecule has 2 N–H and O–H groups in total. The molecule has 0 aliphatic carbocycles. The number of imide groups is 1. The molecule has 5 rings (SSSR count). The number of carbonyl (C=O) groups excluding carboxylic acids is 2. The van der Waals surface area contributed by atoms with Crippen LogP contribution in [-0.2, 0) is 32.8 Å². The van der Waals surface area contributed by atoms with E-state index < -0.39 is 41.2 Å². The number of anilines is 1. The Balaban J connectivity index is 1.78. The number of carboxylic acids is 1. The number of aliphatic carboxylic acids is 1. The second-order valence-corrected chi connectivity index (χ2v) is 10.6. The maximum atomic E-state index is 14.4. The van der Waals surface area contributed by atoms with E-state index in [0.717, 1.165) is 15.6 Å². The van der Waals surface area contributed by atoms with Crippen molar-refractivity contribution in [2.45, 2.75) is 38.3 Å². The second kappa shape index (κ2) is 10.0. The van der Waals surface area contributed by atoms with E-state index in [-0.39, 0.29) is 0 Å². The highest BCUT2D eigenvalue weighted by Gasteiger charge is 2.70. The van der Waals surface area contributed by atoms with Gasteiger partial charge < -0.3 is 9.84 Å². The van der Waals surface area contributed by atoms with E-state index in [1.807, 2.05) is 44.2 Å². The zero-order valence-electron chi connectivity index (χ0n) is 21.4. The van der Waals surface area contributed by atoms with E-state index in [1.54, 1.807) is 36.4 Å². The molecule has 0 bridgehead atoms. The number of rotatable bonds is 7. The summed E-state index contributed by atoms with van der Waals surface area (Å²) in [4.78, 5) is 43.2. The minimum Gasteiger partial charge on any atom is -0.496 e. The van der Waals surface area contributed by atoms with Crippen molar-refractivity contribution in [3.8, 4) is 5.75 Å².